The quantitative estimate of drug-likeness (QED) is 0.0687. The highest BCUT2D eigenvalue weighted by Gasteiger charge is 2.47. The van der Waals surface area contributed by atoms with Gasteiger partial charge in [0, 0.05) is 14.3 Å². The average molecular weight is 973 g/mol. The molecule has 0 saturated carbocycles. The fraction of sp³-hybridized carbons (Fsp3) is 0.304. The molecule has 38 heavy (non-hydrogen) atoms. The van der Waals surface area contributed by atoms with E-state index < -0.39 is 47.0 Å². The molecular weight excluding hydrogens is 954 g/mol. The smallest absolute Gasteiger partial charge is 0.329 e. The standard InChI is InChI=1S/C23H19I4N3O8/c1-9(2)6-13(29-21(32)15-16(22(29)33)18(25)20(27)19(26)17(15)24)23(34)38-8-14(31)28-11-5-4-10(37-3)7-12(11)30(35)36/h4-5,7,9,13H,6,8H2,1-3H3,(H,28,31)/t13-/m1/s1. The molecule has 0 fully saturated rings. The zero-order valence-corrected chi connectivity index (χ0v) is 28.6. The van der Waals surface area contributed by atoms with Gasteiger partial charge >= 0.3 is 5.97 Å². The molecule has 11 nitrogen and oxygen atoms in total. The monoisotopic (exact) mass is 973 g/mol. The molecule has 0 spiro atoms. The number of imide groups is 1. The molecule has 0 aromatic heterocycles. The van der Waals surface area contributed by atoms with Crippen LogP contribution < -0.4 is 10.1 Å². The van der Waals surface area contributed by atoms with Gasteiger partial charge in [0.15, 0.2) is 6.61 Å². The zero-order valence-electron chi connectivity index (χ0n) is 20.0. The lowest BCUT2D eigenvalue weighted by Crippen LogP contribution is -2.47. The van der Waals surface area contributed by atoms with Crippen molar-refractivity contribution in [2.75, 3.05) is 19.0 Å². The van der Waals surface area contributed by atoms with E-state index in [4.69, 9.17) is 9.47 Å². The highest BCUT2D eigenvalue weighted by Crippen LogP contribution is 2.39. The molecular formula is C23H19I4N3O8. The molecule has 2 aromatic rings. The van der Waals surface area contributed by atoms with Gasteiger partial charge < -0.3 is 14.8 Å². The van der Waals surface area contributed by atoms with Crippen LogP contribution in [0.2, 0.25) is 0 Å². The van der Waals surface area contributed by atoms with Crippen LogP contribution in [0, 0.1) is 30.3 Å². The largest absolute Gasteiger partial charge is 0.496 e. The van der Waals surface area contributed by atoms with Gasteiger partial charge in [-0.15, -0.1) is 0 Å². The maximum absolute atomic E-state index is 13.4. The third kappa shape index (κ3) is 6.34. The number of nitrogens with zero attached hydrogens (tertiary/aromatic N) is 2. The lowest BCUT2D eigenvalue weighted by molar-refractivity contribution is -0.384. The minimum absolute atomic E-state index is 0.0916. The number of carbonyl (C=O) groups is 4. The second-order valence-electron chi connectivity index (χ2n) is 8.43. The molecule has 1 N–H and O–H groups in total. The molecule has 0 saturated heterocycles. The number of anilines is 1. The number of benzene rings is 2. The van der Waals surface area contributed by atoms with Crippen LogP contribution in [0.3, 0.4) is 0 Å². The second-order valence-corrected chi connectivity index (χ2v) is 12.7. The number of ether oxygens (including phenoxy) is 2. The third-order valence-electron chi connectivity index (χ3n) is 5.43. The van der Waals surface area contributed by atoms with Gasteiger partial charge in [-0.05, 0) is 115 Å². The van der Waals surface area contributed by atoms with Crippen molar-refractivity contribution in [3.05, 3.63) is 53.7 Å². The van der Waals surface area contributed by atoms with Gasteiger partial charge in [-0.25, -0.2) is 4.79 Å². The molecule has 1 heterocycles. The Kier molecular flexibility index (Phi) is 10.6. The number of nitrogens with one attached hydrogen (secondary N) is 1. The van der Waals surface area contributed by atoms with Gasteiger partial charge in [0.25, 0.3) is 23.4 Å². The van der Waals surface area contributed by atoms with Crippen molar-refractivity contribution in [1.29, 1.82) is 0 Å². The highest BCUT2D eigenvalue weighted by atomic mass is 127. The van der Waals surface area contributed by atoms with Crippen molar-refractivity contribution in [2.45, 2.75) is 26.3 Å². The Morgan fingerprint density at radius 2 is 1.58 bits per heavy atom. The van der Waals surface area contributed by atoms with E-state index in [1.54, 1.807) is 0 Å². The van der Waals surface area contributed by atoms with E-state index in [0.717, 1.165) is 18.1 Å². The van der Waals surface area contributed by atoms with E-state index in [-0.39, 0.29) is 34.9 Å². The van der Waals surface area contributed by atoms with Gasteiger partial charge in [0.2, 0.25) is 0 Å². The first-order valence-corrected chi connectivity index (χ1v) is 15.1. The number of esters is 1. The van der Waals surface area contributed by atoms with Crippen LogP contribution in [-0.2, 0) is 14.3 Å². The van der Waals surface area contributed by atoms with E-state index in [0.29, 0.717) is 7.14 Å². The summed E-state index contributed by atoms with van der Waals surface area (Å²) in [4.78, 5) is 64.1. The van der Waals surface area contributed by atoms with Crippen molar-refractivity contribution in [1.82, 2.24) is 4.90 Å². The van der Waals surface area contributed by atoms with E-state index in [2.05, 4.69) is 50.5 Å². The number of rotatable bonds is 9. The number of methoxy groups -OCH3 is 1. The Balaban J connectivity index is 1.82. The summed E-state index contributed by atoms with van der Waals surface area (Å²) in [5.74, 6) is -2.81. The topological polar surface area (TPSA) is 145 Å². The summed E-state index contributed by atoms with van der Waals surface area (Å²) in [7, 11) is 1.35. The second kappa shape index (κ2) is 12.9. The molecule has 0 unspecified atom stereocenters. The predicted octanol–water partition coefficient (Wildman–Crippen LogP) is 5.21. The van der Waals surface area contributed by atoms with Gasteiger partial charge in [-0.2, -0.15) is 0 Å². The number of nitro benzene ring substituents is 1. The van der Waals surface area contributed by atoms with E-state index >= 15 is 0 Å². The van der Waals surface area contributed by atoms with Crippen LogP contribution in [-0.4, -0.2) is 53.3 Å². The molecule has 1 aliphatic heterocycles. The van der Waals surface area contributed by atoms with Crippen LogP contribution in [0.4, 0.5) is 11.4 Å². The normalized spacial score (nSPS) is 13.4. The van der Waals surface area contributed by atoms with Crippen LogP contribution in [0.1, 0.15) is 41.0 Å². The summed E-state index contributed by atoms with van der Waals surface area (Å²) in [5, 5.41) is 13.7. The van der Waals surface area contributed by atoms with Crippen molar-refractivity contribution in [2.24, 2.45) is 5.92 Å². The van der Waals surface area contributed by atoms with Crippen LogP contribution in [0.25, 0.3) is 0 Å². The van der Waals surface area contributed by atoms with Crippen molar-refractivity contribution < 1.29 is 33.6 Å². The lowest BCUT2D eigenvalue weighted by Gasteiger charge is -2.26. The molecule has 1 atom stereocenters. The fourth-order valence-corrected chi connectivity index (χ4v) is 7.37. The Labute approximate surface area is 271 Å². The average Bonchev–Trinajstić information content (AvgIpc) is 3.12. The first kappa shape index (κ1) is 31.2. The molecule has 0 aliphatic carbocycles. The zero-order chi connectivity index (χ0) is 28.5. The summed E-state index contributed by atoms with van der Waals surface area (Å²) >= 11 is 8.27. The number of fused-ring (bicyclic) bond motifs is 1. The highest BCUT2D eigenvalue weighted by molar-refractivity contribution is 14.1. The van der Waals surface area contributed by atoms with Gasteiger partial charge in [0.05, 0.1) is 29.2 Å². The summed E-state index contributed by atoms with van der Waals surface area (Å²) in [6.45, 7) is 2.88. The minimum Gasteiger partial charge on any atom is -0.496 e. The molecule has 3 rings (SSSR count). The molecule has 1 aliphatic rings. The third-order valence-corrected chi connectivity index (χ3v) is 12.8. The first-order valence-electron chi connectivity index (χ1n) is 10.8. The predicted molar refractivity (Wildman–Crippen MR) is 170 cm³/mol. The van der Waals surface area contributed by atoms with Crippen molar-refractivity contribution in [3.63, 3.8) is 0 Å². The van der Waals surface area contributed by atoms with Gasteiger partial charge in [-0.1, -0.05) is 13.8 Å². The maximum Gasteiger partial charge on any atom is 0.329 e. The summed E-state index contributed by atoms with van der Waals surface area (Å²) in [6, 6.07) is 2.62. The van der Waals surface area contributed by atoms with Crippen molar-refractivity contribution >= 4 is 125 Å². The molecule has 3 amide bonds. The SMILES string of the molecule is COc1ccc(NC(=O)COC(=O)[C@@H](CC(C)C)N2C(=O)c3c(I)c(I)c(I)c(I)c3C2=O)c([N+](=O)[O-])c1. The first-order chi connectivity index (χ1) is 17.8. The number of hydrogen-bond acceptors (Lipinski definition) is 8. The van der Waals surface area contributed by atoms with Crippen LogP contribution in [0.15, 0.2) is 18.2 Å². The summed E-state index contributed by atoms with van der Waals surface area (Å²) < 4.78 is 13.1. The van der Waals surface area contributed by atoms with E-state index in [9.17, 15) is 29.3 Å². The van der Waals surface area contributed by atoms with Crippen LogP contribution in [0.5, 0.6) is 5.75 Å². The Hall–Kier alpha value is -1.36. The number of amides is 3. The summed E-state index contributed by atoms with van der Waals surface area (Å²) in [6.07, 6.45) is 0.122. The number of nitro groups is 1. The van der Waals surface area contributed by atoms with E-state index in [1.165, 1.54) is 19.2 Å². The number of halogens is 4. The van der Waals surface area contributed by atoms with Crippen LogP contribution >= 0.6 is 90.4 Å². The fourth-order valence-electron chi connectivity index (χ4n) is 3.72. The minimum atomic E-state index is -1.26. The Bertz CT molecular complexity index is 1320. The van der Waals surface area contributed by atoms with Gasteiger partial charge in [0.1, 0.15) is 17.5 Å². The summed E-state index contributed by atoms with van der Waals surface area (Å²) in [5.41, 5.74) is -0.0163. The molecule has 15 heteroatoms. The molecule has 202 valence electrons. The molecule has 2 aromatic carbocycles. The Morgan fingerprint density at radius 1 is 1.03 bits per heavy atom. The molecule has 0 bridgehead atoms. The Morgan fingerprint density at radius 3 is 2.05 bits per heavy atom. The van der Waals surface area contributed by atoms with E-state index in [1.807, 2.05) is 59.0 Å². The maximum atomic E-state index is 13.4. The van der Waals surface area contributed by atoms with Gasteiger partial charge in [-0.3, -0.25) is 29.4 Å². The lowest BCUT2D eigenvalue weighted by atomic mass is 10.0. The number of carbonyl (C=O) groups excluding carboxylic acids is 4. The molecule has 0 radical (unpaired) electrons. The number of hydrogen-bond donors (Lipinski definition) is 1. The van der Waals surface area contributed by atoms with Crippen molar-refractivity contribution in [3.8, 4) is 5.75 Å².